The highest BCUT2D eigenvalue weighted by Gasteiger charge is 2.20. The Hall–Kier alpha value is -3.43. The predicted molar refractivity (Wildman–Crippen MR) is 126 cm³/mol. The zero-order valence-corrected chi connectivity index (χ0v) is 19.2. The van der Waals surface area contributed by atoms with Crippen LogP contribution in [0.25, 0.3) is 0 Å². The Bertz CT molecular complexity index is 1090. The Morgan fingerprint density at radius 3 is 2.58 bits per heavy atom. The van der Waals surface area contributed by atoms with Gasteiger partial charge in [0.2, 0.25) is 5.95 Å². The third-order valence-electron chi connectivity index (χ3n) is 5.14. The Morgan fingerprint density at radius 2 is 1.91 bits per heavy atom. The molecule has 0 radical (unpaired) electrons. The minimum Gasteiger partial charge on any atom is -0.495 e. The van der Waals surface area contributed by atoms with Crippen LogP contribution in [0.3, 0.4) is 0 Å². The van der Waals surface area contributed by atoms with Gasteiger partial charge in [0.05, 0.1) is 38.3 Å². The smallest absolute Gasteiger partial charge is 0.270 e. The molecule has 3 aromatic rings. The van der Waals surface area contributed by atoms with Crippen molar-refractivity contribution in [1.29, 1.82) is 0 Å². The maximum atomic E-state index is 12.7. The number of pyridine rings is 1. The van der Waals surface area contributed by atoms with Gasteiger partial charge < -0.3 is 25.0 Å². The number of carbonyl (C=O) groups is 1. The molecule has 0 bridgehead atoms. The van der Waals surface area contributed by atoms with E-state index in [1.54, 1.807) is 31.4 Å². The van der Waals surface area contributed by atoms with E-state index in [2.05, 4.69) is 25.5 Å². The molecule has 1 unspecified atom stereocenters. The maximum absolute atomic E-state index is 12.7. The maximum Gasteiger partial charge on any atom is 0.270 e. The van der Waals surface area contributed by atoms with Crippen LogP contribution in [-0.2, 0) is 4.74 Å². The molecule has 1 aliphatic heterocycles. The largest absolute Gasteiger partial charge is 0.495 e. The molecule has 10 heteroatoms. The molecule has 33 heavy (non-hydrogen) atoms. The van der Waals surface area contributed by atoms with Gasteiger partial charge in [-0.1, -0.05) is 11.6 Å². The summed E-state index contributed by atoms with van der Waals surface area (Å²) in [4.78, 5) is 28.4. The lowest BCUT2D eigenvalue weighted by atomic mass is 10.2. The summed E-state index contributed by atoms with van der Waals surface area (Å²) in [6, 6.07) is 12.1. The van der Waals surface area contributed by atoms with E-state index in [1.165, 1.54) is 6.20 Å². The van der Waals surface area contributed by atoms with Crippen LogP contribution in [0, 0.1) is 0 Å². The summed E-state index contributed by atoms with van der Waals surface area (Å²) in [5.74, 6) is 1.48. The summed E-state index contributed by atoms with van der Waals surface area (Å²) >= 11 is 6.00. The van der Waals surface area contributed by atoms with E-state index in [9.17, 15) is 4.79 Å². The Morgan fingerprint density at radius 1 is 1.15 bits per heavy atom. The first-order valence-corrected chi connectivity index (χ1v) is 10.9. The molecule has 9 nitrogen and oxygen atoms in total. The monoisotopic (exact) mass is 468 g/mol. The van der Waals surface area contributed by atoms with Gasteiger partial charge in [0.25, 0.3) is 5.91 Å². The highest BCUT2D eigenvalue weighted by Crippen LogP contribution is 2.24. The number of benzene rings is 1. The number of nitrogens with one attached hydrogen (secondary N) is 2. The lowest BCUT2D eigenvalue weighted by Crippen LogP contribution is -2.38. The summed E-state index contributed by atoms with van der Waals surface area (Å²) in [6.45, 7) is 4.49. The molecule has 1 fully saturated rings. The first-order chi connectivity index (χ1) is 16.0. The first kappa shape index (κ1) is 22.8. The van der Waals surface area contributed by atoms with E-state index < -0.39 is 0 Å². The molecular formula is C23H25ClN6O3. The number of hydrogen-bond donors (Lipinski definition) is 2. The van der Waals surface area contributed by atoms with Crippen molar-refractivity contribution in [3.63, 3.8) is 0 Å². The van der Waals surface area contributed by atoms with E-state index in [-0.39, 0.29) is 11.9 Å². The number of halogens is 1. The van der Waals surface area contributed by atoms with Gasteiger partial charge in [0, 0.05) is 29.9 Å². The number of aromatic nitrogens is 3. The molecule has 1 saturated heterocycles. The van der Waals surface area contributed by atoms with Crippen molar-refractivity contribution in [3.05, 3.63) is 65.1 Å². The molecule has 4 rings (SSSR count). The first-order valence-electron chi connectivity index (χ1n) is 10.6. The highest BCUT2D eigenvalue weighted by molar-refractivity contribution is 6.30. The van der Waals surface area contributed by atoms with Crippen molar-refractivity contribution >= 4 is 35.0 Å². The van der Waals surface area contributed by atoms with Crippen LogP contribution < -0.4 is 20.3 Å². The number of carbonyl (C=O) groups excluding carboxylic acids is 1. The molecule has 0 spiro atoms. The number of hydrogen-bond acceptors (Lipinski definition) is 8. The summed E-state index contributed by atoms with van der Waals surface area (Å²) in [6.07, 6.45) is 1.51. The van der Waals surface area contributed by atoms with Gasteiger partial charge in [-0.05, 0) is 43.3 Å². The molecule has 1 aromatic carbocycles. The Labute approximate surface area is 197 Å². The second kappa shape index (κ2) is 10.5. The van der Waals surface area contributed by atoms with Crippen LogP contribution in [0.2, 0.25) is 5.02 Å². The number of rotatable bonds is 7. The fourth-order valence-corrected chi connectivity index (χ4v) is 3.43. The second-order valence-corrected chi connectivity index (χ2v) is 7.92. The number of amides is 1. The van der Waals surface area contributed by atoms with Gasteiger partial charge in [-0.3, -0.25) is 4.79 Å². The molecule has 2 N–H and O–H groups in total. The summed E-state index contributed by atoms with van der Waals surface area (Å²) in [5, 5.41) is 6.91. The van der Waals surface area contributed by atoms with Crippen LogP contribution in [-0.4, -0.2) is 54.3 Å². The number of anilines is 3. The van der Waals surface area contributed by atoms with Crippen molar-refractivity contribution in [3.8, 4) is 5.75 Å². The van der Waals surface area contributed by atoms with Gasteiger partial charge in [-0.15, -0.1) is 0 Å². The molecule has 2 aromatic heterocycles. The van der Waals surface area contributed by atoms with Crippen molar-refractivity contribution in [2.45, 2.75) is 13.0 Å². The van der Waals surface area contributed by atoms with Gasteiger partial charge >= 0.3 is 0 Å². The Kier molecular flexibility index (Phi) is 7.21. The predicted octanol–water partition coefficient (Wildman–Crippen LogP) is 3.60. The van der Waals surface area contributed by atoms with E-state index in [4.69, 9.17) is 26.1 Å². The van der Waals surface area contributed by atoms with Gasteiger partial charge in [-0.2, -0.15) is 4.98 Å². The summed E-state index contributed by atoms with van der Waals surface area (Å²) in [7, 11) is 1.55. The SMILES string of the molecule is COc1ccc(C(=O)NC(C)c2cc(Nc3ccc(Cl)cc3)nc(N3CCOCC3)n2)nc1. The van der Waals surface area contributed by atoms with Crippen LogP contribution >= 0.6 is 11.6 Å². The highest BCUT2D eigenvalue weighted by atomic mass is 35.5. The third-order valence-corrected chi connectivity index (χ3v) is 5.39. The summed E-state index contributed by atoms with van der Waals surface area (Å²) < 4.78 is 10.6. The number of nitrogens with zero attached hydrogens (tertiary/aromatic N) is 4. The minimum absolute atomic E-state index is 0.296. The normalized spacial score (nSPS) is 14.5. The van der Waals surface area contributed by atoms with Crippen molar-refractivity contribution in [1.82, 2.24) is 20.3 Å². The van der Waals surface area contributed by atoms with Gasteiger partial charge in [0.15, 0.2) is 0 Å². The number of ether oxygens (including phenoxy) is 2. The number of methoxy groups -OCH3 is 1. The summed E-state index contributed by atoms with van der Waals surface area (Å²) in [5.41, 5.74) is 1.81. The topological polar surface area (TPSA) is 102 Å². The average molecular weight is 469 g/mol. The molecule has 0 aliphatic carbocycles. The van der Waals surface area contributed by atoms with Crippen molar-refractivity contribution in [2.75, 3.05) is 43.6 Å². The van der Waals surface area contributed by atoms with E-state index in [1.807, 2.05) is 25.1 Å². The van der Waals surface area contributed by atoms with E-state index in [0.29, 0.717) is 60.2 Å². The van der Waals surface area contributed by atoms with Gasteiger partial charge in [0.1, 0.15) is 17.3 Å². The van der Waals surface area contributed by atoms with Crippen LogP contribution in [0.15, 0.2) is 48.7 Å². The molecule has 1 aliphatic rings. The second-order valence-electron chi connectivity index (χ2n) is 7.49. The molecular weight excluding hydrogens is 444 g/mol. The zero-order valence-electron chi connectivity index (χ0n) is 18.4. The minimum atomic E-state index is -0.380. The van der Waals surface area contributed by atoms with Crippen molar-refractivity contribution in [2.24, 2.45) is 0 Å². The van der Waals surface area contributed by atoms with Crippen molar-refractivity contribution < 1.29 is 14.3 Å². The molecule has 172 valence electrons. The van der Waals surface area contributed by atoms with Crippen LogP contribution in [0.1, 0.15) is 29.1 Å². The number of morpholine rings is 1. The third kappa shape index (κ3) is 5.88. The standard InChI is InChI=1S/C23H25ClN6O3/c1-15(26-22(31)19-8-7-18(32-2)14-25-19)20-13-21(27-17-5-3-16(24)4-6-17)29-23(28-20)30-9-11-33-12-10-30/h3-8,13-15H,9-12H2,1-2H3,(H,26,31)(H,27,28,29). The molecule has 1 atom stereocenters. The molecule has 3 heterocycles. The average Bonchev–Trinajstić information content (AvgIpc) is 2.86. The Balaban J connectivity index is 1.57. The van der Waals surface area contributed by atoms with E-state index in [0.717, 1.165) is 5.69 Å². The lowest BCUT2D eigenvalue weighted by Gasteiger charge is -2.28. The fourth-order valence-electron chi connectivity index (χ4n) is 3.30. The molecule has 0 saturated carbocycles. The molecule has 1 amide bonds. The zero-order chi connectivity index (χ0) is 23.2. The van der Waals surface area contributed by atoms with E-state index >= 15 is 0 Å². The lowest BCUT2D eigenvalue weighted by molar-refractivity contribution is 0.0934. The fraction of sp³-hybridized carbons (Fsp3) is 0.304. The quantitative estimate of drug-likeness (QED) is 0.542. The van der Waals surface area contributed by atoms with Gasteiger partial charge in [-0.25, -0.2) is 9.97 Å². The van der Waals surface area contributed by atoms with Crippen LogP contribution in [0.4, 0.5) is 17.5 Å². The van der Waals surface area contributed by atoms with Crippen LogP contribution in [0.5, 0.6) is 5.75 Å².